The first kappa shape index (κ1) is 24.2. The minimum absolute atomic E-state index is 0.233. The Morgan fingerprint density at radius 2 is 1.50 bits per heavy atom. The van der Waals surface area contributed by atoms with E-state index in [-0.39, 0.29) is 10.6 Å². The van der Waals surface area contributed by atoms with Gasteiger partial charge in [0.1, 0.15) is 5.75 Å². The Bertz CT molecular complexity index is 966. The van der Waals surface area contributed by atoms with Gasteiger partial charge in [-0.25, -0.2) is 12.7 Å². The van der Waals surface area contributed by atoms with E-state index < -0.39 is 22.8 Å². The van der Waals surface area contributed by atoms with Crippen molar-refractivity contribution in [2.24, 2.45) is 0 Å². The summed E-state index contributed by atoms with van der Waals surface area (Å²) < 4.78 is 68.1. The number of halogens is 3. The standard InChI is InChI=1S/C21H27F3N2O3S/c1-15-9-18(10-16(2)20(15)29-14-21(22,23)24)13-26(5)12-17-7-6-8-19(11-17)30(27,28)25(3)4/h6-11H,12-14H2,1-5H3. The van der Waals surface area contributed by atoms with Gasteiger partial charge in [0.15, 0.2) is 6.61 Å². The average molecular weight is 445 g/mol. The van der Waals surface area contributed by atoms with E-state index in [0.717, 1.165) is 11.1 Å². The topological polar surface area (TPSA) is 49.9 Å². The molecule has 0 aromatic heterocycles. The predicted molar refractivity (Wildman–Crippen MR) is 110 cm³/mol. The number of alkyl halides is 3. The first-order valence-corrected chi connectivity index (χ1v) is 10.7. The summed E-state index contributed by atoms with van der Waals surface area (Å²) in [5.41, 5.74) is 3.06. The number of hydrogen-bond acceptors (Lipinski definition) is 4. The van der Waals surface area contributed by atoms with Crippen molar-refractivity contribution in [1.82, 2.24) is 9.21 Å². The normalized spacial score (nSPS) is 12.6. The Morgan fingerprint density at radius 1 is 0.933 bits per heavy atom. The van der Waals surface area contributed by atoms with Gasteiger partial charge >= 0.3 is 6.18 Å². The summed E-state index contributed by atoms with van der Waals surface area (Å²) in [6.07, 6.45) is -4.38. The van der Waals surface area contributed by atoms with Crippen molar-refractivity contribution in [3.8, 4) is 5.75 Å². The molecule has 0 radical (unpaired) electrons. The van der Waals surface area contributed by atoms with E-state index in [0.29, 0.717) is 24.2 Å². The van der Waals surface area contributed by atoms with Gasteiger partial charge in [-0.1, -0.05) is 24.3 Å². The number of rotatable bonds is 8. The third-order valence-electron chi connectivity index (χ3n) is 4.48. The number of aryl methyl sites for hydroxylation is 2. The van der Waals surface area contributed by atoms with Crippen molar-refractivity contribution in [3.05, 3.63) is 58.7 Å². The molecule has 0 spiro atoms. The first-order chi connectivity index (χ1) is 13.8. The monoisotopic (exact) mass is 444 g/mol. The van der Waals surface area contributed by atoms with Crippen LogP contribution in [0.2, 0.25) is 0 Å². The molecule has 0 unspecified atom stereocenters. The molecule has 0 aliphatic heterocycles. The lowest BCUT2D eigenvalue weighted by Crippen LogP contribution is -2.23. The summed E-state index contributed by atoms with van der Waals surface area (Å²) in [4.78, 5) is 2.24. The number of benzene rings is 2. The van der Waals surface area contributed by atoms with Crippen molar-refractivity contribution in [3.63, 3.8) is 0 Å². The van der Waals surface area contributed by atoms with Gasteiger partial charge in [0.05, 0.1) is 4.90 Å². The molecule has 0 N–H and O–H groups in total. The van der Waals surface area contributed by atoms with Crippen LogP contribution < -0.4 is 4.74 Å². The Kier molecular flexibility index (Phi) is 7.54. The van der Waals surface area contributed by atoms with E-state index >= 15 is 0 Å². The highest BCUT2D eigenvalue weighted by atomic mass is 32.2. The number of sulfonamides is 1. The molecule has 2 aromatic carbocycles. The second kappa shape index (κ2) is 9.36. The van der Waals surface area contributed by atoms with Crippen LogP contribution in [0, 0.1) is 13.8 Å². The Labute approximate surface area is 176 Å². The third kappa shape index (κ3) is 6.45. The van der Waals surface area contributed by atoms with Gasteiger partial charge in [0.25, 0.3) is 0 Å². The molecular formula is C21H27F3N2O3S. The van der Waals surface area contributed by atoms with Crippen LogP contribution >= 0.6 is 0 Å². The average Bonchev–Trinajstić information content (AvgIpc) is 2.60. The molecule has 0 saturated carbocycles. The zero-order chi connectivity index (χ0) is 22.7. The molecule has 0 aliphatic rings. The SMILES string of the molecule is Cc1cc(CN(C)Cc2cccc(S(=O)(=O)N(C)C)c2)cc(C)c1OCC(F)(F)F. The van der Waals surface area contributed by atoms with Gasteiger partial charge in [0.2, 0.25) is 10.0 Å². The van der Waals surface area contributed by atoms with Gasteiger partial charge < -0.3 is 4.74 Å². The van der Waals surface area contributed by atoms with Crippen molar-refractivity contribution >= 4 is 10.0 Å². The van der Waals surface area contributed by atoms with Crippen LogP contribution in [0.5, 0.6) is 5.75 Å². The van der Waals surface area contributed by atoms with Crippen molar-refractivity contribution in [2.75, 3.05) is 27.7 Å². The largest absolute Gasteiger partial charge is 0.484 e. The molecule has 0 fully saturated rings. The van der Waals surface area contributed by atoms with E-state index in [9.17, 15) is 21.6 Å². The van der Waals surface area contributed by atoms with Gasteiger partial charge in [-0.3, -0.25) is 4.90 Å². The smallest absolute Gasteiger partial charge is 0.422 e. The van der Waals surface area contributed by atoms with Crippen LogP contribution in [0.4, 0.5) is 13.2 Å². The fourth-order valence-electron chi connectivity index (χ4n) is 3.21. The van der Waals surface area contributed by atoms with Crippen LogP contribution in [0.25, 0.3) is 0 Å². The van der Waals surface area contributed by atoms with Crippen molar-refractivity contribution in [2.45, 2.75) is 38.0 Å². The van der Waals surface area contributed by atoms with Gasteiger partial charge in [0, 0.05) is 27.2 Å². The Balaban J connectivity index is 2.11. The van der Waals surface area contributed by atoms with Crippen molar-refractivity contribution in [1.29, 1.82) is 0 Å². The highest BCUT2D eigenvalue weighted by molar-refractivity contribution is 7.89. The predicted octanol–water partition coefficient (Wildman–Crippen LogP) is 4.13. The summed E-state index contributed by atoms with van der Waals surface area (Å²) in [5, 5.41) is 0. The maximum Gasteiger partial charge on any atom is 0.422 e. The quantitative estimate of drug-likeness (QED) is 0.615. The minimum Gasteiger partial charge on any atom is -0.484 e. The van der Waals surface area contributed by atoms with E-state index in [1.807, 2.05) is 30.1 Å². The summed E-state index contributed by atoms with van der Waals surface area (Å²) >= 11 is 0. The van der Waals surface area contributed by atoms with Crippen LogP contribution in [0.3, 0.4) is 0 Å². The molecule has 0 bridgehead atoms. The molecule has 0 aliphatic carbocycles. The van der Waals surface area contributed by atoms with Gasteiger partial charge in [-0.2, -0.15) is 13.2 Å². The van der Waals surface area contributed by atoms with Gasteiger partial charge in [-0.05, 0) is 55.3 Å². The second-order valence-corrected chi connectivity index (χ2v) is 9.72. The fourth-order valence-corrected chi connectivity index (χ4v) is 4.18. The molecule has 5 nitrogen and oxygen atoms in total. The molecule has 0 saturated heterocycles. The lowest BCUT2D eigenvalue weighted by molar-refractivity contribution is -0.153. The minimum atomic E-state index is -4.38. The highest BCUT2D eigenvalue weighted by Crippen LogP contribution is 2.28. The molecule has 166 valence electrons. The third-order valence-corrected chi connectivity index (χ3v) is 6.29. The molecule has 0 atom stereocenters. The van der Waals surface area contributed by atoms with E-state index in [1.54, 1.807) is 32.0 Å². The van der Waals surface area contributed by atoms with Crippen molar-refractivity contribution < 1.29 is 26.3 Å². The molecule has 9 heteroatoms. The highest BCUT2D eigenvalue weighted by Gasteiger charge is 2.29. The molecule has 0 heterocycles. The van der Waals surface area contributed by atoms with E-state index in [4.69, 9.17) is 4.74 Å². The second-order valence-electron chi connectivity index (χ2n) is 7.57. The lowest BCUT2D eigenvalue weighted by Gasteiger charge is -2.20. The Morgan fingerprint density at radius 3 is 2.03 bits per heavy atom. The summed E-state index contributed by atoms with van der Waals surface area (Å²) in [7, 11) is 1.36. The lowest BCUT2D eigenvalue weighted by atomic mass is 10.0. The van der Waals surface area contributed by atoms with E-state index in [2.05, 4.69) is 0 Å². The van der Waals surface area contributed by atoms with Gasteiger partial charge in [-0.15, -0.1) is 0 Å². The number of nitrogens with zero attached hydrogens (tertiary/aromatic N) is 2. The van der Waals surface area contributed by atoms with Crippen LogP contribution in [0.15, 0.2) is 41.3 Å². The molecule has 2 rings (SSSR count). The van der Waals surface area contributed by atoms with Crippen LogP contribution in [-0.4, -0.2) is 51.5 Å². The zero-order valence-corrected chi connectivity index (χ0v) is 18.6. The molecule has 2 aromatic rings. The molecule has 30 heavy (non-hydrogen) atoms. The Hall–Kier alpha value is -2.10. The molecule has 0 amide bonds. The maximum absolute atomic E-state index is 12.4. The molecular weight excluding hydrogens is 417 g/mol. The summed E-state index contributed by atoms with van der Waals surface area (Å²) in [5.74, 6) is 0.250. The number of hydrogen-bond donors (Lipinski definition) is 0. The zero-order valence-electron chi connectivity index (χ0n) is 17.7. The first-order valence-electron chi connectivity index (χ1n) is 9.29. The van der Waals surface area contributed by atoms with Crippen LogP contribution in [0.1, 0.15) is 22.3 Å². The maximum atomic E-state index is 12.4. The summed E-state index contributed by atoms with van der Waals surface area (Å²) in [6, 6.07) is 10.4. The summed E-state index contributed by atoms with van der Waals surface area (Å²) in [6.45, 7) is 3.18. The number of ether oxygens (including phenoxy) is 1. The van der Waals surface area contributed by atoms with E-state index in [1.165, 1.54) is 18.4 Å². The van der Waals surface area contributed by atoms with Crippen LogP contribution in [-0.2, 0) is 23.1 Å². The fraction of sp³-hybridized carbons (Fsp3) is 0.429.